The molecule has 0 bridgehead atoms. The fourth-order valence-electron chi connectivity index (χ4n) is 5.91. The Morgan fingerprint density at radius 2 is 1.46 bits per heavy atom. The van der Waals surface area contributed by atoms with Crippen molar-refractivity contribution in [1.82, 2.24) is 14.8 Å². The summed E-state index contributed by atoms with van der Waals surface area (Å²) in [6.07, 6.45) is 8.20. The second-order valence-electron chi connectivity index (χ2n) is 9.97. The molecule has 2 saturated heterocycles. The zero-order valence-corrected chi connectivity index (χ0v) is 20.9. The van der Waals surface area contributed by atoms with Gasteiger partial charge in [0.1, 0.15) is 0 Å². The number of carbonyl (C=O) groups excluding carboxylic acids is 1. The summed E-state index contributed by atoms with van der Waals surface area (Å²) in [5.41, 5.74) is 5.45. The zero-order valence-electron chi connectivity index (χ0n) is 20.9. The second kappa shape index (κ2) is 10.6. The number of benzene rings is 2. The summed E-state index contributed by atoms with van der Waals surface area (Å²) in [4.78, 5) is 24.8. The summed E-state index contributed by atoms with van der Waals surface area (Å²) in [6, 6.07) is 22.0. The maximum absolute atomic E-state index is 13.2. The van der Waals surface area contributed by atoms with E-state index < -0.39 is 0 Å². The summed E-state index contributed by atoms with van der Waals surface area (Å²) in [5.74, 6) is 0.202. The van der Waals surface area contributed by atoms with E-state index in [4.69, 9.17) is 0 Å². The molecule has 0 N–H and O–H groups in total. The first-order chi connectivity index (χ1) is 17.1. The van der Waals surface area contributed by atoms with Crippen molar-refractivity contribution in [3.63, 3.8) is 0 Å². The molecule has 1 aromatic heterocycles. The SMILES string of the molecule is Cc1cccc(C)c1C(=O)N1CCC(N2CCC(N(c3ccccc3)c3cccnc3)CC2)CC1. The van der Waals surface area contributed by atoms with Gasteiger partial charge in [-0.1, -0.05) is 36.4 Å². The van der Waals surface area contributed by atoms with Gasteiger partial charge in [0.05, 0.1) is 11.9 Å². The van der Waals surface area contributed by atoms with Crippen LogP contribution in [-0.4, -0.2) is 59.0 Å². The Kier molecular flexibility index (Phi) is 7.14. The molecule has 0 radical (unpaired) electrons. The van der Waals surface area contributed by atoms with Crippen LogP contribution >= 0.6 is 0 Å². The number of piperidine rings is 2. The summed E-state index contributed by atoms with van der Waals surface area (Å²) in [6.45, 7) is 7.99. The normalized spacial score (nSPS) is 17.9. The fraction of sp³-hybridized carbons (Fsp3) is 0.400. The molecule has 5 nitrogen and oxygen atoms in total. The standard InChI is InChI=1S/C30H36N4O/c1-23-8-6-9-24(2)29(23)30(35)33-20-13-25(14-21-33)32-18-15-27(16-19-32)34(26-10-4-3-5-11-26)28-12-7-17-31-22-28/h3-12,17,22,25,27H,13-16,18-21H2,1-2H3. The number of anilines is 2. The Morgan fingerprint density at radius 3 is 2.09 bits per heavy atom. The van der Waals surface area contributed by atoms with E-state index >= 15 is 0 Å². The Morgan fingerprint density at radius 1 is 0.800 bits per heavy atom. The average molecular weight is 469 g/mol. The van der Waals surface area contributed by atoms with E-state index in [1.54, 1.807) is 0 Å². The lowest BCUT2D eigenvalue weighted by Crippen LogP contribution is -2.51. The number of pyridine rings is 1. The smallest absolute Gasteiger partial charge is 0.254 e. The molecule has 0 saturated carbocycles. The Labute approximate surface area is 209 Å². The van der Waals surface area contributed by atoms with Crippen molar-refractivity contribution < 1.29 is 4.79 Å². The highest BCUT2D eigenvalue weighted by molar-refractivity contribution is 5.97. The molecule has 5 heteroatoms. The Hall–Kier alpha value is -3.18. The summed E-state index contributed by atoms with van der Waals surface area (Å²) < 4.78 is 0. The third kappa shape index (κ3) is 5.10. The Balaban J connectivity index is 1.20. The topological polar surface area (TPSA) is 39.7 Å². The number of amides is 1. The molecule has 35 heavy (non-hydrogen) atoms. The van der Waals surface area contributed by atoms with Gasteiger partial charge in [-0.05, 0) is 74.9 Å². The molecule has 182 valence electrons. The van der Waals surface area contributed by atoms with Gasteiger partial charge < -0.3 is 14.7 Å². The highest BCUT2D eigenvalue weighted by atomic mass is 16.2. The van der Waals surface area contributed by atoms with Crippen molar-refractivity contribution >= 4 is 17.3 Å². The lowest BCUT2D eigenvalue weighted by atomic mass is 9.95. The van der Waals surface area contributed by atoms with Crippen LogP contribution in [0.4, 0.5) is 11.4 Å². The van der Waals surface area contributed by atoms with Crippen molar-refractivity contribution in [1.29, 1.82) is 0 Å². The van der Waals surface area contributed by atoms with Crippen molar-refractivity contribution in [3.05, 3.63) is 89.7 Å². The van der Waals surface area contributed by atoms with Crippen molar-refractivity contribution in [2.45, 2.75) is 51.6 Å². The first kappa shape index (κ1) is 23.6. The number of hydrogen-bond acceptors (Lipinski definition) is 4. The van der Waals surface area contributed by atoms with Crippen LogP contribution in [0.1, 0.15) is 47.2 Å². The van der Waals surface area contributed by atoms with E-state index in [1.807, 2.05) is 50.5 Å². The highest BCUT2D eigenvalue weighted by Crippen LogP contribution is 2.32. The lowest BCUT2D eigenvalue weighted by molar-refractivity contribution is 0.0578. The fourth-order valence-corrected chi connectivity index (χ4v) is 5.91. The predicted octanol–water partition coefficient (Wildman–Crippen LogP) is 5.61. The molecule has 1 amide bonds. The van der Waals surface area contributed by atoms with Crippen LogP contribution in [0, 0.1) is 13.8 Å². The van der Waals surface area contributed by atoms with Crippen LogP contribution in [-0.2, 0) is 0 Å². The molecule has 0 unspecified atom stereocenters. The van der Waals surface area contributed by atoms with Gasteiger partial charge in [-0.25, -0.2) is 0 Å². The van der Waals surface area contributed by atoms with Gasteiger partial charge in [-0.15, -0.1) is 0 Å². The molecule has 0 spiro atoms. The highest BCUT2D eigenvalue weighted by Gasteiger charge is 2.32. The Bertz CT molecular complexity index is 1060. The van der Waals surface area contributed by atoms with Gasteiger partial charge in [-0.2, -0.15) is 0 Å². The molecule has 3 aromatic rings. The maximum atomic E-state index is 13.2. The summed E-state index contributed by atoms with van der Waals surface area (Å²) >= 11 is 0. The van der Waals surface area contributed by atoms with E-state index in [1.165, 1.54) is 5.69 Å². The van der Waals surface area contributed by atoms with Crippen LogP contribution in [0.5, 0.6) is 0 Å². The minimum atomic E-state index is 0.202. The molecule has 2 aromatic carbocycles. The monoisotopic (exact) mass is 468 g/mol. The van der Waals surface area contributed by atoms with Crippen molar-refractivity contribution in [3.8, 4) is 0 Å². The van der Waals surface area contributed by atoms with Crippen LogP contribution < -0.4 is 4.90 Å². The second-order valence-corrected chi connectivity index (χ2v) is 9.97. The maximum Gasteiger partial charge on any atom is 0.254 e. The van der Waals surface area contributed by atoms with Crippen LogP contribution in [0.15, 0.2) is 73.1 Å². The first-order valence-corrected chi connectivity index (χ1v) is 13.0. The minimum absolute atomic E-state index is 0.202. The lowest BCUT2D eigenvalue weighted by Gasteiger charge is -2.44. The number of aryl methyl sites for hydroxylation is 2. The number of aromatic nitrogens is 1. The number of rotatable bonds is 5. The summed E-state index contributed by atoms with van der Waals surface area (Å²) in [5, 5.41) is 0. The van der Waals surface area contributed by atoms with E-state index in [-0.39, 0.29) is 5.91 Å². The molecular weight excluding hydrogens is 432 g/mol. The molecule has 2 aliphatic rings. The molecule has 2 fully saturated rings. The molecule has 5 rings (SSSR count). The first-order valence-electron chi connectivity index (χ1n) is 13.0. The van der Waals surface area contributed by atoms with Gasteiger partial charge in [0.15, 0.2) is 0 Å². The third-order valence-electron chi connectivity index (χ3n) is 7.79. The molecule has 3 heterocycles. The quantitative estimate of drug-likeness (QED) is 0.488. The van der Waals surface area contributed by atoms with E-state index in [0.717, 1.165) is 74.2 Å². The molecule has 0 aliphatic carbocycles. The van der Waals surface area contributed by atoms with E-state index in [2.05, 4.69) is 56.1 Å². The predicted molar refractivity (Wildman–Crippen MR) is 142 cm³/mol. The van der Waals surface area contributed by atoms with Gasteiger partial charge in [0.2, 0.25) is 0 Å². The summed E-state index contributed by atoms with van der Waals surface area (Å²) in [7, 11) is 0. The molecule has 0 atom stereocenters. The van der Waals surface area contributed by atoms with Gasteiger partial charge in [-0.3, -0.25) is 9.78 Å². The van der Waals surface area contributed by atoms with Crippen LogP contribution in [0.25, 0.3) is 0 Å². The number of para-hydroxylation sites is 1. The third-order valence-corrected chi connectivity index (χ3v) is 7.79. The average Bonchev–Trinajstić information content (AvgIpc) is 2.90. The van der Waals surface area contributed by atoms with Gasteiger partial charge in [0.25, 0.3) is 5.91 Å². The van der Waals surface area contributed by atoms with Crippen LogP contribution in [0.3, 0.4) is 0 Å². The van der Waals surface area contributed by atoms with E-state index in [9.17, 15) is 4.79 Å². The van der Waals surface area contributed by atoms with Crippen molar-refractivity contribution in [2.24, 2.45) is 0 Å². The van der Waals surface area contributed by atoms with Crippen molar-refractivity contribution in [2.75, 3.05) is 31.1 Å². The number of hydrogen-bond donors (Lipinski definition) is 0. The zero-order chi connectivity index (χ0) is 24.2. The number of likely N-dealkylation sites (tertiary alicyclic amines) is 2. The van der Waals surface area contributed by atoms with Gasteiger partial charge in [0, 0.05) is 55.7 Å². The number of nitrogens with zero attached hydrogens (tertiary/aromatic N) is 4. The molecule has 2 aliphatic heterocycles. The molecular formula is C30H36N4O. The minimum Gasteiger partial charge on any atom is -0.339 e. The van der Waals surface area contributed by atoms with E-state index in [0.29, 0.717) is 12.1 Å². The largest absolute Gasteiger partial charge is 0.339 e. The number of carbonyl (C=O) groups is 1. The van der Waals surface area contributed by atoms with Crippen LogP contribution in [0.2, 0.25) is 0 Å². The van der Waals surface area contributed by atoms with Gasteiger partial charge >= 0.3 is 0 Å².